The van der Waals surface area contributed by atoms with Crippen LogP contribution < -0.4 is 67.4 Å². The second-order valence-electron chi connectivity index (χ2n) is 17.2. The number of aromatic nitrogens is 3. The molecule has 0 aliphatic carbocycles. The predicted octanol–water partition coefficient (Wildman–Crippen LogP) is 5.68. The van der Waals surface area contributed by atoms with E-state index in [-0.39, 0.29) is 55.7 Å². The van der Waals surface area contributed by atoms with Crippen LogP contribution in [0.2, 0.25) is 20.1 Å². The van der Waals surface area contributed by atoms with Crippen molar-refractivity contribution in [2.75, 3.05) is 46.3 Å². The highest BCUT2D eigenvalue weighted by Gasteiger charge is 2.37. The van der Waals surface area contributed by atoms with E-state index in [0.717, 1.165) is 41.3 Å². The maximum Gasteiger partial charge on any atom is 0.300 e. The molecule has 0 bridgehead atoms. The molecule has 6 aromatic carbocycles. The number of hydrogen-bond donors (Lipinski definition) is 9. The third-order valence-electron chi connectivity index (χ3n) is 11.8. The molecule has 11 rings (SSSR count). The summed E-state index contributed by atoms with van der Waals surface area (Å²) in [6.07, 6.45) is 0. The lowest BCUT2D eigenvalue weighted by atomic mass is 10.2. The van der Waals surface area contributed by atoms with Gasteiger partial charge in [0, 0.05) is 13.6 Å². The summed E-state index contributed by atoms with van der Waals surface area (Å²) in [6, 6.07) is 9.03. The van der Waals surface area contributed by atoms with E-state index in [0.29, 0.717) is 0 Å². The Morgan fingerprint density at radius 3 is 1.04 bits per heavy atom. The molecule has 0 fully saturated rings. The number of nitrogens with two attached hydrogens (primary N) is 2. The third kappa shape index (κ3) is 9.78. The molecule has 0 atom stereocenters. The van der Waals surface area contributed by atoms with Crippen LogP contribution in [0.25, 0.3) is 0 Å². The summed E-state index contributed by atoms with van der Waals surface area (Å²) in [5, 5.41) is 2.24. The van der Waals surface area contributed by atoms with Crippen molar-refractivity contribution in [2.45, 2.75) is 19.6 Å². The number of rotatable bonds is 12. The quantitative estimate of drug-likeness (QED) is 0.0525. The number of benzene rings is 6. The SMILES string of the molecule is CN(CCS(=O)(=O)O)c1nc(Nc2ccc3c(c2S(=O)(=O)O)Oc2c(Cl)c4c(c(Cl)c2=N3)Oc2c(ccc(N)c2S(=O)(=O)O)N=4)nc(Nc2ccc3c(c2S(=O)(=O)O)Oc2c(Cl)c4c(c(Cl)c2=N3)Oc2c(ccc(N)c2S(=O)(=O)O)N=4)n1. The zero-order chi connectivity index (χ0) is 59.2. The maximum absolute atomic E-state index is 13.4. The lowest BCUT2D eigenvalue weighted by molar-refractivity contribution is 0.428. The molecule has 40 heteroatoms. The second kappa shape index (κ2) is 19.3. The van der Waals surface area contributed by atoms with Gasteiger partial charge < -0.3 is 45.9 Å². The molecular weight excluding hydrogens is 1280 g/mol. The van der Waals surface area contributed by atoms with Crippen molar-refractivity contribution >= 4 is 160 Å². The molecule has 4 aliphatic heterocycles. The van der Waals surface area contributed by atoms with Gasteiger partial charge in [-0.3, -0.25) is 22.8 Å². The first-order valence-electron chi connectivity index (χ1n) is 21.9. The highest BCUT2D eigenvalue weighted by atomic mass is 35.5. The van der Waals surface area contributed by atoms with Gasteiger partial charge in [-0.15, -0.1) is 0 Å². The Bertz CT molecular complexity index is 4750. The van der Waals surface area contributed by atoms with E-state index in [2.05, 4.69) is 45.6 Å². The fourth-order valence-electron chi connectivity index (χ4n) is 8.37. The average Bonchev–Trinajstić information content (AvgIpc) is 1.27. The smallest absolute Gasteiger partial charge is 0.300 e. The van der Waals surface area contributed by atoms with Gasteiger partial charge in [0.1, 0.15) is 64.3 Å². The van der Waals surface area contributed by atoms with Gasteiger partial charge in [0.05, 0.1) is 28.5 Å². The standard InChI is InChI=1S/C42H26Cl4N12O19S5/c1-58(10-11-78(59,60)61)42-56-40(53-18-8-6-16-30(38(18)81(68,69)70)76-34-22(45)24-32(20(43)26(34)51-16)74-28-14(49-24)4-2-12(47)36(28)79(62,63)64)55-41(57-42)54-19-9-7-17-31(39(19)82(71,72)73)77-35-23(46)25-33(21(44)27(35)52-17)75-29-15(50-25)5-3-13(48)37(29)80(65,66)67/h2-9H,10-11,47-48H2,1H3,(H,59,60,61)(H,62,63,64)(H,65,66,67)(H,68,69,70)(H,71,72,73)(H2,53,54,55,56,57). The molecule has 0 spiro atoms. The second-order valence-corrected chi connectivity index (χ2v) is 25.7. The summed E-state index contributed by atoms with van der Waals surface area (Å²) in [5.74, 6) is -6.78. The van der Waals surface area contributed by atoms with Crippen LogP contribution >= 0.6 is 46.4 Å². The van der Waals surface area contributed by atoms with E-state index in [4.69, 9.17) is 76.8 Å². The van der Waals surface area contributed by atoms with Gasteiger partial charge in [0.2, 0.25) is 17.8 Å². The van der Waals surface area contributed by atoms with Crippen molar-refractivity contribution in [1.82, 2.24) is 15.0 Å². The highest BCUT2D eigenvalue weighted by molar-refractivity contribution is 7.87. The Morgan fingerprint density at radius 2 is 0.744 bits per heavy atom. The molecule has 82 heavy (non-hydrogen) atoms. The number of nitrogens with one attached hydrogen (secondary N) is 2. The number of hydrogen-bond acceptors (Lipinski definition) is 26. The fraction of sp³-hybridized carbons (Fsp3) is 0.0714. The molecule has 426 valence electrons. The normalized spacial score (nSPS) is 13.7. The summed E-state index contributed by atoms with van der Waals surface area (Å²) in [5.41, 5.74) is 8.63. The first kappa shape index (κ1) is 56.3. The largest absolute Gasteiger partial charge is 0.450 e. The molecule has 5 heterocycles. The van der Waals surface area contributed by atoms with Gasteiger partial charge in [0.15, 0.2) is 65.6 Å². The Kier molecular flexibility index (Phi) is 13.2. The third-order valence-corrected chi connectivity index (χ3v) is 17.7. The summed E-state index contributed by atoms with van der Waals surface area (Å²) in [6.45, 7) is -0.521. The van der Waals surface area contributed by atoms with Crippen molar-refractivity contribution in [3.8, 4) is 46.0 Å². The lowest BCUT2D eigenvalue weighted by Gasteiger charge is -2.24. The monoisotopic (exact) mass is 1300 g/mol. The number of nitrogen functional groups attached to an aromatic ring is 2. The Balaban J connectivity index is 0.998. The first-order chi connectivity index (χ1) is 38.2. The van der Waals surface area contributed by atoms with Gasteiger partial charge in [-0.25, -0.2) is 20.0 Å². The van der Waals surface area contributed by atoms with Crippen LogP contribution in [0.15, 0.2) is 88.1 Å². The average molecular weight is 1300 g/mol. The van der Waals surface area contributed by atoms with E-state index in [1.165, 1.54) is 19.2 Å². The predicted molar refractivity (Wildman–Crippen MR) is 286 cm³/mol. The van der Waals surface area contributed by atoms with Crippen LogP contribution in [0.3, 0.4) is 0 Å². The Hall–Kier alpha value is -7.56. The molecule has 0 saturated heterocycles. The minimum Gasteiger partial charge on any atom is -0.450 e. The van der Waals surface area contributed by atoms with Gasteiger partial charge in [-0.2, -0.15) is 57.0 Å². The summed E-state index contributed by atoms with van der Waals surface area (Å²) in [4.78, 5) is 27.3. The van der Waals surface area contributed by atoms with Crippen molar-refractivity contribution in [3.05, 3.63) is 90.1 Å². The van der Waals surface area contributed by atoms with E-state index in [1.807, 2.05) is 0 Å². The van der Waals surface area contributed by atoms with Gasteiger partial charge in [-0.05, 0) is 48.5 Å². The molecule has 0 saturated carbocycles. The van der Waals surface area contributed by atoms with Crippen LogP contribution in [0, 0.1) is 0 Å². The molecule has 4 aliphatic rings. The number of fused-ring (bicyclic) bond motifs is 8. The molecule has 7 aromatic rings. The zero-order valence-corrected chi connectivity index (χ0v) is 46.9. The van der Waals surface area contributed by atoms with Crippen molar-refractivity contribution in [3.63, 3.8) is 0 Å². The summed E-state index contributed by atoms with van der Waals surface area (Å²) < 4.78 is 201. The van der Waals surface area contributed by atoms with Crippen LogP contribution in [0.4, 0.5) is 63.3 Å². The van der Waals surface area contributed by atoms with Gasteiger partial charge in [0.25, 0.3) is 50.6 Å². The fourth-order valence-corrected chi connectivity index (χ4v) is 13.0. The minimum absolute atomic E-state index is 0.209. The minimum atomic E-state index is -5.44. The maximum atomic E-state index is 13.4. The van der Waals surface area contributed by atoms with E-state index < -0.39 is 178 Å². The van der Waals surface area contributed by atoms with E-state index in [9.17, 15) is 64.9 Å². The van der Waals surface area contributed by atoms with Crippen LogP contribution in [-0.2, 0) is 50.6 Å². The number of ether oxygens (including phenoxy) is 4. The molecule has 0 unspecified atom stereocenters. The highest BCUT2D eigenvalue weighted by Crippen LogP contribution is 2.51. The zero-order valence-electron chi connectivity index (χ0n) is 39.8. The summed E-state index contributed by atoms with van der Waals surface area (Å²) in [7, 11) is -24.3. The Morgan fingerprint density at radius 1 is 0.451 bits per heavy atom. The molecule has 11 N–H and O–H groups in total. The van der Waals surface area contributed by atoms with E-state index >= 15 is 0 Å². The summed E-state index contributed by atoms with van der Waals surface area (Å²) >= 11 is 27.0. The van der Waals surface area contributed by atoms with Crippen molar-refractivity contribution in [1.29, 1.82) is 0 Å². The Labute approximate surface area is 477 Å². The van der Waals surface area contributed by atoms with Gasteiger partial charge in [-0.1, -0.05) is 46.4 Å². The first-order valence-corrected chi connectivity index (χ1v) is 30.8. The topological polar surface area (TPSA) is 476 Å². The van der Waals surface area contributed by atoms with Gasteiger partial charge >= 0.3 is 0 Å². The van der Waals surface area contributed by atoms with Crippen LogP contribution in [0.5, 0.6) is 46.0 Å². The number of halogens is 4. The van der Waals surface area contributed by atoms with Crippen LogP contribution in [0.1, 0.15) is 0 Å². The number of anilines is 7. The number of nitrogens with zero attached hydrogens (tertiary/aromatic N) is 8. The molecule has 0 radical (unpaired) electrons. The molecule has 31 nitrogen and oxygen atoms in total. The van der Waals surface area contributed by atoms with Crippen molar-refractivity contribution < 1.29 is 83.8 Å². The van der Waals surface area contributed by atoms with Crippen LogP contribution in [-0.4, -0.2) is 99.1 Å². The lowest BCUT2D eigenvalue weighted by Crippen LogP contribution is -2.27. The molecular formula is C42H26Cl4N12O19S5. The molecule has 1 aromatic heterocycles. The van der Waals surface area contributed by atoms with E-state index in [1.54, 1.807) is 0 Å². The van der Waals surface area contributed by atoms with Crippen molar-refractivity contribution in [2.24, 2.45) is 20.0 Å². The molecule has 0 amide bonds.